The molecule has 5 nitrogen and oxygen atoms in total. The lowest BCUT2D eigenvalue weighted by molar-refractivity contribution is -0.116. The van der Waals surface area contributed by atoms with E-state index in [0.29, 0.717) is 5.82 Å². The van der Waals surface area contributed by atoms with Gasteiger partial charge in [-0.25, -0.2) is 4.98 Å². The van der Waals surface area contributed by atoms with Crippen LogP contribution in [0, 0.1) is 6.92 Å². The average molecular weight is 268 g/mol. The van der Waals surface area contributed by atoms with Gasteiger partial charge in [-0.15, -0.1) is 0 Å². The summed E-state index contributed by atoms with van der Waals surface area (Å²) < 4.78 is 0. The molecule has 1 aromatic carbocycles. The van der Waals surface area contributed by atoms with Crippen LogP contribution in [-0.2, 0) is 11.2 Å². The molecule has 0 aliphatic carbocycles. The Balaban J connectivity index is 1.66. The molecule has 2 aromatic rings. The molecule has 0 saturated heterocycles. The summed E-state index contributed by atoms with van der Waals surface area (Å²) in [5.74, 6) is 0.684. The third kappa shape index (κ3) is 2.47. The van der Waals surface area contributed by atoms with Crippen LogP contribution in [0.2, 0.25) is 0 Å². The number of fused-ring (bicyclic) bond motifs is 1. The Hall–Kier alpha value is -2.43. The van der Waals surface area contributed by atoms with Crippen molar-refractivity contribution in [2.24, 2.45) is 0 Å². The van der Waals surface area contributed by atoms with Gasteiger partial charge < -0.3 is 10.2 Å². The van der Waals surface area contributed by atoms with Gasteiger partial charge in [0.05, 0.1) is 18.4 Å². The lowest BCUT2D eigenvalue weighted by Gasteiger charge is -2.17. The number of benzene rings is 1. The Morgan fingerprint density at radius 2 is 2.20 bits per heavy atom. The van der Waals surface area contributed by atoms with Crippen LogP contribution in [0.1, 0.15) is 11.3 Å². The van der Waals surface area contributed by atoms with Gasteiger partial charge in [-0.05, 0) is 25.0 Å². The smallest absolute Gasteiger partial charge is 0.246 e. The van der Waals surface area contributed by atoms with E-state index in [1.807, 2.05) is 30.0 Å². The molecule has 0 fully saturated rings. The SMILES string of the molecule is Cc1cncc(NCC(=O)N2CCc3ccccc32)n1. The van der Waals surface area contributed by atoms with Gasteiger partial charge in [-0.3, -0.25) is 9.78 Å². The van der Waals surface area contributed by atoms with Gasteiger partial charge in [-0.1, -0.05) is 18.2 Å². The van der Waals surface area contributed by atoms with Crippen molar-refractivity contribution in [2.45, 2.75) is 13.3 Å². The molecular weight excluding hydrogens is 252 g/mol. The van der Waals surface area contributed by atoms with E-state index in [2.05, 4.69) is 21.4 Å². The van der Waals surface area contributed by atoms with Crippen LogP contribution in [0.15, 0.2) is 36.7 Å². The zero-order valence-electron chi connectivity index (χ0n) is 11.3. The van der Waals surface area contributed by atoms with Crippen LogP contribution < -0.4 is 10.2 Å². The number of carbonyl (C=O) groups is 1. The molecule has 0 saturated carbocycles. The molecule has 0 bridgehead atoms. The van der Waals surface area contributed by atoms with Crippen LogP contribution in [-0.4, -0.2) is 29.0 Å². The van der Waals surface area contributed by atoms with Gasteiger partial charge in [0.25, 0.3) is 0 Å². The number of rotatable bonds is 3. The summed E-state index contributed by atoms with van der Waals surface area (Å²) in [5, 5.41) is 3.03. The van der Waals surface area contributed by atoms with E-state index in [1.165, 1.54) is 5.56 Å². The molecule has 0 unspecified atom stereocenters. The first-order chi connectivity index (χ1) is 9.74. The molecule has 1 aliphatic heterocycles. The summed E-state index contributed by atoms with van der Waals surface area (Å²) >= 11 is 0. The number of hydrogen-bond acceptors (Lipinski definition) is 4. The molecule has 1 aliphatic rings. The molecule has 1 N–H and O–H groups in total. The highest BCUT2D eigenvalue weighted by molar-refractivity contribution is 5.97. The minimum atomic E-state index is 0.0539. The second-order valence-corrected chi connectivity index (χ2v) is 4.82. The van der Waals surface area contributed by atoms with Crippen LogP contribution >= 0.6 is 0 Å². The maximum atomic E-state index is 12.3. The monoisotopic (exact) mass is 268 g/mol. The quantitative estimate of drug-likeness (QED) is 0.922. The summed E-state index contributed by atoms with van der Waals surface area (Å²) in [6.45, 7) is 2.85. The third-order valence-electron chi connectivity index (χ3n) is 3.36. The van der Waals surface area contributed by atoms with Gasteiger partial charge in [0, 0.05) is 18.4 Å². The van der Waals surface area contributed by atoms with Crippen molar-refractivity contribution in [3.05, 3.63) is 47.9 Å². The van der Waals surface area contributed by atoms with Gasteiger partial charge >= 0.3 is 0 Å². The number of hydrogen-bond donors (Lipinski definition) is 1. The summed E-state index contributed by atoms with van der Waals surface area (Å²) in [6.07, 6.45) is 4.23. The second kappa shape index (κ2) is 5.28. The predicted octanol–water partition coefficient (Wildman–Crippen LogP) is 1.79. The topological polar surface area (TPSA) is 58.1 Å². The lowest BCUT2D eigenvalue weighted by Crippen LogP contribution is -2.34. The van der Waals surface area contributed by atoms with Crippen LogP contribution in [0.4, 0.5) is 11.5 Å². The lowest BCUT2D eigenvalue weighted by atomic mass is 10.2. The molecule has 20 heavy (non-hydrogen) atoms. The van der Waals surface area contributed by atoms with Crippen molar-refractivity contribution in [3.63, 3.8) is 0 Å². The molecule has 2 heterocycles. The molecule has 0 radical (unpaired) electrons. The maximum absolute atomic E-state index is 12.3. The minimum Gasteiger partial charge on any atom is -0.360 e. The van der Waals surface area contributed by atoms with E-state index < -0.39 is 0 Å². The minimum absolute atomic E-state index is 0.0539. The Morgan fingerprint density at radius 3 is 3.05 bits per heavy atom. The molecule has 3 rings (SSSR count). The Kier molecular flexibility index (Phi) is 3.33. The summed E-state index contributed by atoms with van der Waals surface area (Å²) in [4.78, 5) is 22.4. The highest BCUT2D eigenvalue weighted by Gasteiger charge is 2.23. The zero-order valence-corrected chi connectivity index (χ0v) is 11.3. The number of nitrogens with one attached hydrogen (secondary N) is 1. The van der Waals surface area contributed by atoms with Crippen molar-refractivity contribution in [1.82, 2.24) is 9.97 Å². The highest BCUT2D eigenvalue weighted by Crippen LogP contribution is 2.27. The second-order valence-electron chi connectivity index (χ2n) is 4.82. The van der Waals surface area contributed by atoms with Crippen molar-refractivity contribution < 1.29 is 4.79 Å². The van der Waals surface area contributed by atoms with E-state index in [0.717, 1.165) is 24.3 Å². The number of nitrogens with zero attached hydrogens (tertiary/aromatic N) is 3. The van der Waals surface area contributed by atoms with E-state index in [-0.39, 0.29) is 12.5 Å². The van der Waals surface area contributed by atoms with Crippen LogP contribution in [0.5, 0.6) is 0 Å². The molecule has 1 amide bonds. The van der Waals surface area contributed by atoms with Crippen LogP contribution in [0.3, 0.4) is 0 Å². The highest BCUT2D eigenvalue weighted by atomic mass is 16.2. The molecular formula is C15H16N4O. The fraction of sp³-hybridized carbons (Fsp3) is 0.267. The molecule has 102 valence electrons. The van der Waals surface area contributed by atoms with Gasteiger partial charge in [0.2, 0.25) is 5.91 Å². The maximum Gasteiger partial charge on any atom is 0.246 e. The molecule has 5 heteroatoms. The molecule has 0 atom stereocenters. The Labute approximate surface area is 117 Å². The average Bonchev–Trinajstić information content (AvgIpc) is 2.89. The summed E-state index contributed by atoms with van der Waals surface area (Å²) in [6, 6.07) is 8.03. The standard InChI is InChI=1S/C15H16N4O/c1-11-8-16-9-14(18-11)17-10-15(20)19-7-6-12-4-2-3-5-13(12)19/h2-5,8-9H,6-7,10H2,1H3,(H,17,18). The van der Waals surface area contributed by atoms with Crippen LogP contribution in [0.25, 0.3) is 0 Å². The van der Waals surface area contributed by atoms with Crippen molar-refractivity contribution >= 4 is 17.4 Å². The van der Waals surface area contributed by atoms with E-state index in [9.17, 15) is 4.79 Å². The Morgan fingerprint density at radius 1 is 1.35 bits per heavy atom. The third-order valence-corrected chi connectivity index (χ3v) is 3.36. The number of para-hydroxylation sites is 1. The number of amides is 1. The summed E-state index contributed by atoms with van der Waals surface area (Å²) in [7, 11) is 0. The molecule has 1 aromatic heterocycles. The van der Waals surface area contributed by atoms with Crippen molar-refractivity contribution in [1.29, 1.82) is 0 Å². The zero-order chi connectivity index (χ0) is 13.9. The first kappa shape index (κ1) is 12.6. The first-order valence-corrected chi connectivity index (χ1v) is 6.65. The summed E-state index contributed by atoms with van der Waals surface area (Å²) in [5.41, 5.74) is 3.08. The predicted molar refractivity (Wildman–Crippen MR) is 77.8 cm³/mol. The van der Waals surface area contributed by atoms with Gasteiger partial charge in [-0.2, -0.15) is 0 Å². The number of aryl methyl sites for hydroxylation is 1. The fourth-order valence-corrected chi connectivity index (χ4v) is 2.41. The largest absolute Gasteiger partial charge is 0.360 e. The van der Waals surface area contributed by atoms with Gasteiger partial charge in [0.15, 0.2) is 0 Å². The number of anilines is 2. The van der Waals surface area contributed by atoms with E-state index in [4.69, 9.17) is 0 Å². The van der Waals surface area contributed by atoms with Crippen molar-refractivity contribution in [3.8, 4) is 0 Å². The first-order valence-electron chi connectivity index (χ1n) is 6.65. The normalized spacial score (nSPS) is 13.2. The van der Waals surface area contributed by atoms with E-state index >= 15 is 0 Å². The number of carbonyl (C=O) groups excluding carboxylic acids is 1. The van der Waals surface area contributed by atoms with Crippen molar-refractivity contribution in [2.75, 3.05) is 23.3 Å². The van der Waals surface area contributed by atoms with E-state index in [1.54, 1.807) is 12.4 Å². The molecule has 0 spiro atoms. The Bertz CT molecular complexity index is 641. The fourth-order valence-electron chi connectivity index (χ4n) is 2.41. The number of aromatic nitrogens is 2. The van der Waals surface area contributed by atoms with Gasteiger partial charge in [0.1, 0.15) is 5.82 Å².